The smallest absolute Gasteiger partial charge is 0.356 e. The highest BCUT2D eigenvalue weighted by Gasteiger charge is 2.15. The summed E-state index contributed by atoms with van der Waals surface area (Å²) in [5.41, 5.74) is 4.67. The maximum atomic E-state index is 11.9. The molecule has 28 heavy (non-hydrogen) atoms. The van der Waals surface area contributed by atoms with Crippen molar-refractivity contribution in [2.75, 3.05) is 13.7 Å². The maximum Gasteiger partial charge on any atom is 0.356 e. The van der Waals surface area contributed by atoms with E-state index >= 15 is 0 Å². The summed E-state index contributed by atoms with van der Waals surface area (Å²) in [5.74, 6) is 0.287. The highest BCUT2D eigenvalue weighted by atomic mass is 79.9. The Morgan fingerprint density at radius 1 is 1.04 bits per heavy atom. The largest absolute Gasteiger partial charge is 0.489 e. The molecule has 142 valence electrons. The van der Waals surface area contributed by atoms with Crippen molar-refractivity contribution in [3.63, 3.8) is 0 Å². The molecule has 0 N–H and O–H groups in total. The number of carbonyl (C=O) groups is 1. The van der Waals surface area contributed by atoms with E-state index in [0.29, 0.717) is 12.3 Å². The van der Waals surface area contributed by atoms with Gasteiger partial charge in [-0.15, -0.1) is 0 Å². The molecule has 1 heterocycles. The number of carbonyl (C=O) groups excluding carboxylic acids is 1. The summed E-state index contributed by atoms with van der Waals surface area (Å²) in [6.45, 7) is 6.26. The number of aromatic nitrogens is 1. The zero-order valence-corrected chi connectivity index (χ0v) is 17.3. The summed E-state index contributed by atoms with van der Waals surface area (Å²) >= 11 is 3.54. The molecule has 3 rings (SSSR count). The molecule has 0 bridgehead atoms. The SMILES string of the molecule is C=C(C)COc1ccc(Br)cc1-c1ccccc1-c1cccc(C(=O)OC)n1. The van der Waals surface area contributed by atoms with Crippen LogP contribution in [0.2, 0.25) is 0 Å². The van der Waals surface area contributed by atoms with Crippen LogP contribution in [0.4, 0.5) is 0 Å². The summed E-state index contributed by atoms with van der Waals surface area (Å²) in [6, 6.07) is 19.1. The number of methoxy groups -OCH3 is 1. The Bertz CT molecular complexity index is 1030. The normalized spacial score (nSPS) is 10.4. The Balaban J connectivity index is 2.13. The van der Waals surface area contributed by atoms with E-state index in [1.807, 2.05) is 55.5 Å². The first-order valence-corrected chi connectivity index (χ1v) is 9.50. The van der Waals surface area contributed by atoms with E-state index in [1.165, 1.54) is 7.11 Å². The summed E-state index contributed by atoms with van der Waals surface area (Å²) in [6.07, 6.45) is 0. The first kappa shape index (κ1) is 19.8. The zero-order chi connectivity index (χ0) is 20.1. The monoisotopic (exact) mass is 437 g/mol. The second kappa shape index (κ2) is 8.85. The number of ether oxygens (including phenoxy) is 2. The lowest BCUT2D eigenvalue weighted by Crippen LogP contribution is -2.04. The number of pyridine rings is 1. The van der Waals surface area contributed by atoms with Gasteiger partial charge in [-0.3, -0.25) is 0 Å². The van der Waals surface area contributed by atoms with Crippen molar-refractivity contribution in [3.8, 4) is 28.1 Å². The van der Waals surface area contributed by atoms with E-state index in [0.717, 1.165) is 32.5 Å². The van der Waals surface area contributed by atoms with Crippen molar-refractivity contribution in [1.82, 2.24) is 4.98 Å². The van der Waals surface area contributed by atoms with E-state index in [-0.39, 0.29) is 5.69 Å². The van der Waals surface area contributed by atoms with Crippen LogP contribution < -0.4 is 4.74 Å². The van der Waals surface area contributed by atoms with Crippen LogP contribution in [0, 0.1) is 0 Å². The molecular formula is C23H20BrNO3. The summed E-state index contributed by atoms with van der Waals surface area (Å²) in [4.78, 5) is 16.4. The average molecular weight is 438 g/mol. The van der Waals surface area contributed by atoms with Crippen LogP contribution in [0.1, 0.15) is 17.4 Å². The van der Waals surface area contributed by atoms with Crippen LogP contribution in [0.25, 0.3) is 22.4 Å². The maximum absolute atomic E-state index is 11.9. The van der Waals surface area contributed by atoms with Gasteiger partial charge in [-0.2, -0.15) is 0 Å². The van der Waals surface area contributed by atoms with Crippen LogP contribution >= 0.6 is 15.9 Å². The summed E-state index contributed by atoms with van der Waals surface area (Å²) in [5, 5.41) is 0. The highest BCUT2D eigenvalue weighted by molar-refractivity contribution is 9.10. The van der Waals surface area contributed by atoms with Crippen LogP contribution in [-0.2, 0) is 4.74 Å². The minimum atomic E-state index is -0.465. The lowest BCUT2D eigenvalue weighted by molar-refractivity contribution is 0.0594. The Labute approximate surface area is 173 Å². The van der Waals surface area contributed by atoms with Gasteiger partial charge in [-0.25, -0.2) is 9.78 Å². The van der Waals surface area contributed by atoms with Gasteiger partial charge in [-0.1, -0.05) is 52.8 Å². The van der Waals surface area contributed by atoms with Crippen molar-refractivity contribution < 1.29 is 14.3 Å². The second-order valence-corrected chi connectivity index (χ2v) is 7.25. The van der Waals surface area contributed by atoms with E-state index in [1.54, 1.807) is 12.1 Å². The molecule has 0 fully saturated rings. The molecule has 5 heteroatoms. The van der Waals surface area contributed by atoms with E-state index < -0.39 is 5.97 Å². The van der Waals surface area contributed by atoms with E-state index in [4.69, 9.17) is 9.47 Å². The average Bonchev–Trinajstić information content (AvgIpc) is 2.72. The number of rotatable bonds is 6. The lowest BCUT2D eigenvalue weighted by Gasteiger charge is -2.15. The van der Waals surface area contributed by atoms with Gasteiger partial charge < -0.3 is 9.47 Å². The molecule has 0 spiro atoms. The molecule has 0 unspecified atom stereocenters. The van der Waals surface area contributed by atoms with Crippen LogP contribution in [0.5, 0.6) is 5.75 Å². The van der Waals surface area contributed by atoms with E-state index in [2.05, 4.69) is 27.5 Å². The number of halogens is 1. The molecule has 0 amide bonds. The number of benzene rings is 2. The van der Waals surface area contributed by atoms with Crippen molar-refractivity contribution in [2.24, 2.45) is 0 Å². The van der Waals surface area contributed by atoms with Gasteiger partial charge in [0.05, 0.1) is 12.8 Å². The third kappa shape index (κ3) is 4.49. The van der Waals surface area contributed by atoms with Crippen LogP contribution in [-0.4, -0.2) is 24.7 Å². The molecule has 2 aromatic carbocycles. The Hall–Kier alpha value is -2.92. The molecule has 1 aromatic heterocycles. The van der Waals surface area contributed by atoms with Crippen LogP contribution in [0.3, 0.4) is 0 Å². The molecule has 0 aliphatic rings. The van der Waals surface area contributed by atoms with Gasteiger partial charge in [0.1, 0.15) is 18.1 Å². The number of hydrogen-bond acceptors (Lipinski definition) is 4. The third-order valence-electron chi connectivity index (χ3n) is 4.05. The van der Waals surface area contributed by atoms with E-state index in [9.17, 15) is 4.79 Å². The minimum absolute atomic E-state index is 0.266. The van der Waals surface area contributed by atoms with Gasteiger partial charge in [0, 0.05) is 15.6 Å². The van der Waals surface area contributed by atoms with Crippen molar-refractivity contribution in [3.05, 3.63) is 83.0 Å². The molecule has 0 saturated heterocycles. The Morgan fingerprint density at radius 2 is 1.79 bits per heavy atom. The fraction of sp³-hybridized carbons (Fsp3) is 0.130. The van der Waals surface area contributed by atoms with Gasteiger partial charge in [0.15, 0.2) is 0 Å². The lowest BCUT2D eigenvalue weighted by atomic mass is 9.96. The molecule has 0 aliphatic carbocycles. The summed E-state index contributed by atoms with van der Waals surface area (Å²) < 4.78 is 11.7. The standard InChI is InChI=1S/C23H20BrNO3/c1-15(2)14-28-22-12-11-16(24)13-19(22)17-7-4-5-8-18(17)20-9-6-10-21(25-20)23(26)27-3/h4-13H,1,14H2,2-3H3. The first-order chi connectivity index (χ1) is 13.5. The van der Waals surface area contributed by atoms with Crippen LogP contribution in [0.15, 0.2) is 77.3 Å². The Morgan fingerprint density at radius 3 is 2.50 bits per heavy atom. The molecule has 0 atom stereocenters. The second-order valence-electron chi connectivity index (χ2n) is 6.33. The Kier molecular flexibility index (Phi) is 6.26. The summed E-state index contributed by atoms with van der Waals surface area (Å²) in [7, 11) is 1.34. The number of nitrogens with zero attached hydrogens (tertiary/aromatic N) is 1. The number of hydrogen-bond donors (Lipinski definition) is 0. The fourth-order valence-electron chi connectivity index (χ4n) is 2.78. The minimum Gasteiger partial charge on any atom is -0.489 e. The molecular weight excluding hydrogens is 418 g/mol. The highest BCUT2D eigenvalue weighted by Crippen LogP contribution is 2.38. The third-order valence-corrected chi connectivity index (χ3v) is 4.55. The van der Waals surface area contributed by atoms with Gasteiger partial charge in [-0.05, 0) is 48.4 Å². The van der Waals surface area contributed by atoms with Gasteiger partial charge >= 0.3 is 5.97 Å². The van der Waals surface area contributed by atoms with Crippen molar-refractivity contribution in [2.45, 2.75) is 6.92 Å². The van der Waals surface area contributed by atoms with Gasteiger partial charge in [0.2, 0.25) is 0 Å². The van der Waals surface area contributed by atoms with Gasteiger partial charge in [0.25, 0.3) is 0 Å². The first-order valence-electron chi connectivity index (χ1n) is 8.71. The quantitative estimate of drug-likeness (QED) is 0.354. The van der Waals surface area contributed by atoms with Crippen molar-refractivity contribution >= 4 is 21.9 Å². The zero-order valence-electron chi connectivity index (χ0n) is 15.7. The molecule has 0 saturated carbocycles. The van der Waals surface area contributed by atoms with Crippen molar-refractivity contribution in [1.29, 1.82) is 0 Å². The fourth-order valence-corrected chi connectivity index (χ4v) is 3.14. The molecule has 3 aromatic rings. The topological polar surface area (TPSA) is 48.4 Å². The molecule has 4 nitrogen and oxygen atoms in total. The predicted molar refractivity (Wildman–Crippen MR) is 114 cm³/mol. The molecule has 0 aliphatic heterocycles. The number of esters is 1. The predicted octanol–water partition coefficient (Wildman–Crippen LogP) is 5.92. The molecule has 0 radical (unpaired) electrons.